The SMILES string of the molecule is CC(=O)Oc1cc(C)cc(OC(C)=O)c1-c1c2ccccc2c(-c2c(OC(C)=O)cc(C)cc2OC(C)=O)c2ccccc12. The molecule has 0 radical (unpaired) electrons. The lowest BCUT2D eigenvalue weighted by Crippen LogP contribution is -2.08. The standard InChI is InChI=1S/C36H30O8/c1-19-15-29(41-21(3)37)35(30(16-19)42-22(4)38)33-25-11-7-9-13-27(25)34(28-14-10-8-12-26(28)33)36-31(43-23(5)39)17-20(2)18-32(36)44-24(6)40/h7-18H,1-6H3. The van der Waals surface area contributed by atoms with Gasteiger partial charge >= 0.3 is 23.9 Å². The lowest BCUT2D eigenvalue weighted by Gasteiger charge is -2.23. The van der Waals surface area contributed by atoms with Gasteiger partial charge in [0.2, 0.25) is 0 Å². The molecule has 5 aromatic rings. The minimum Gasteiger partial charge on any atom is -0.426 e. The average molecular weight is 591 g/mol. The van der Waals surface area contributed by atoms with E-state index in [-0.39, 0.29) is 23.0 Å². The van der Waals surface area contributed by atoms with Crippen LogP contribution in [-0.4, -0.2) is 23.9 Å². The fourth-order valence-electron chi connectivity index (χ4n) is 5.54. The van der Waals surface area contributed by atoms with E-state index >= 15 is 0 Å². The molecule has 8 nitrogen and oxygen atoms in total. The number of fused-ring (bicyclic) bond motifs is 2. The third-order valence-electron chi connectivity index (χ3n) is 6.87. The number of carbonyl (C=O) groups excluding carboxylic acids is 4. The van der Waals surface area contributed by atoms with Gasteiger partial charge in [0, 0.05) is 38.8 Å². The van der Waals surface area contributed by atoms with E-state index in [2.05, 4.69) is 0 Å². The molecule has 0 amide bonds. The van der Waals surface area contributed by atoms with E-state index in [1.807, 2.05) is 62.4 Å². The van der Waals surface area contributed by atoms with Gasteiger partial charge in [-0.3, -0.25) is 19.2 Å². The Bertz CT molecular complexity index is 1730. The van der Waals surface area contributed by atoms with Crippen LogP contribution in [0, 0.1) is 13.8 Å². The van der Waals surface area contributed by atoms with Gasteiger partial charge in [-0.1, -0.05) is 48.5 Å². The van der Waals surface area contributed by atoms with E-state index in [0.717, 1.165) is 32.7 Å². The maximum absolute atomic E-state index is 12.3. The van der Waals surface area contributed by atoms with Crippen LogP contribution in [-0.2, 0) is 19.2 Å². The largest absolute Gasteiger partial charge is 0.426 e. The molecule has 0 aliphatic carbocycles. The normalized spacial score (nSPS) is 10.9. The average Bonchev–Trinajstić information content (AvgIpc) is 2.91. The first-order valence-electron chi connectivity index (χ1n) is 13.9. The second kappa shape index (κ2) is 12.0. The molecule has 5 aromatic carbocycles. The van der Waals surface area contributed by atoms with Gasteiger partial charge in [0.25, 0.3) is 0 Å². The number of hydrogen-bond acceptors (Lipinski definition) is 8. The summed E-state index contributed by atoms with van der Waals surface area (Å²) in [5.41, 5.74) is 3.60. The van der Waals surface area contributed by atoms with Gasteiger partial charge in [0.05, 0.1) is 11.1 Å². The van der Waals surface area contributed by atoms with E-state index in [0.29, 0.717) is 22.3 Å². The Balaban J connectivity index is 2.02. The molecule has 0 bridgehead atoms. The molecule has 0 aromatic heterocycles. The van der Waals surface area contributed by atoms with Crippen LogP contribution >= 0.6 is 0 Å². The second-order valence-corrected chi connectivity index (χ2v) is 10.5. The zero-order valence-electron chi connectivity index (χ0n) is 25.2. The van der Waals surface area contributed by atoms with Crippen LogP contribution < -0.4 is 18.9 Å². The summed E-state index contributed by atoms with van der Waals surface area (Å²) in [6.07, 6.45) is 0. The van der Waals surface area contributed by atoms with Crippen molar-refractivity contribution in [1.29, 1.82) is 0 Å². The fourth-order valence-corrected chi connectivity index (χ4v) is 5.54. The van der Waals surface area contributed by atoms with E-state index in [1.165, 1.54) is 27.7 Å². The molecular formula is C36H30O8. The summed E-state index contributed by atoms with van der Waals surface area (Å²) in [6, 6.07) is 22.0. The summed E-state index contributed by atoms with van der Waals surface area (Å²) >= 11 is 0. The van der Waals surface area contributed by atoms with Crippen molar-refractivity contribution in [3.63, 3.8) is 0 Å². The monoisotopic (exact) mass is 590 g/mol. The smallest absolute Gasteiger partial charge is 0.308 e. The lowest BCUT2D eigenvalue weighted by atomic mass is 9.84. The summed E-state index contributed by atoms with van der Waals surface area (Å²) in [4.78, 5) is 49.1. The van der Waals surface area contributed by atoms with E-state index < -0.39 is 23.9 Å². The first-order valence-corrected chi connectivity index (χ1v) is 13.9. The summed E-state index contributed by atoms with van der Waals surface area (Å²) in [5.74, 6) is -1.22. The van der Waals surface area contributed by atoms with Gasteiger partial charge in [-0.05, 0) is 70.8 Å². The van der Waals surface area contributed by atoms with Crippen LogP contribution in [0.2, 0.25) is 0 Å². The summed E-state index contributed by atoms with van der Waals surface area (Å²) < 4.78 is 22.8. The Morgan fingerprint density at radius 1 is 0.409 bits per heavy atom. The first kappa shape index (κ1) is 30.0. The van der Waals surface area contributed by atoms with Gasteiger partial charge in [0.1, 0.15) is 23.0 Å². The lowest BCUT2D eigenvalue weighted by molar-refractivity contribution is -0.133. The molecular weight excluding hydrogens is 560 g/mol. The molecule has 0 saturated heterocycles. The summed E-state index contributed by atoms with van der Waals surface area (Å²) in [6.45, 7) is 8.85. The Morgan fingerprint density at radius 2 is 0.636 bits per heavy atom. The second-order valence-electron chi connectivity index (χ2n) is 10.5. The number of benzene rings is 5. The highest BCUT2D eigenvalue weighted by atomic mass is 16.6. The zero-order valence-corrected chi connectivity index (χ0v) is 25.2. The highest BCUT2D eigenvalue weighted by molar-refractivity contribution is 6.23. The molecule has 5 rings (SSSR count). The molecule has 0 fully saturated rings. The van der Waals surface area contributed by atoms with Gasteiger partial charge < -0.3 is 18.9 Å². The number of hydrogen-bond donors (Lipinski definition) is 0. The quantitative estimate of drug-likeness (QED) is 0.113. The Hall–Kier alpha value is -5.50. The maximum atomic E-state index is 12.3. The van der Waals surface area contributed by atoms with Crippen LogP contribution in [0.25, 0.3) is 43.8 Å². The van der Waals surface area contributed by atoms with Crippen LogP contribution in [0.5, 0.6) is 23.0 Å². The molecule has 0 N–H and O–H groups in total. The Kier molecular flexibility index (Phi) is 8.18. The van der Waals surface area contributed by atoms with Gasteiger partial charge in [-0.2, -0.15) is 0 Å². The first-order chi connectivity index (χ1) is 20.9. The molecule has 0 spiro atoms. The van der Waals surface area contributed by atoms with Crippen LogP contribution in [0.4, 0.5) is 0 Å². The number of ether oxygens (including phenoxy) is 4. The minimum absolute atomic E-state index is 0.230. The molecule has 0 aliphatic rings. The number of aryl methyl sites for hydroxylation is 2. The molecule has 44 heavy (non-hydrogen) atoms. The predicted octanol–water partition coefficient (Wildman–Crippen LogP) is 7.65. The third kappa shape index (κ3) is 5.87. The highest BCUT2D eigenvalue weighted by Crippen LogP contribution is 2.52. The van der Waals surface area contributed by atoms with Gasteiger partial charge in [-0.15, -0.1) is 0 Å². The molecule has 0 atom stereocenters. The Morgan fingerprint density at radius 3 is 0.841 bits per heavy atom. The van der Waals surface area contributed by atoms with Gasteiger partial charge in [0.15, 0.2) is 0 Å². The highest BCUT2D eigenvalue weighted by Gasteiger charge is 2.27. The van der Waals surface area contributed by atoms with E-state index in [9.17, 15) is 19.2 Å². The molecule has 0 saturated carbocycles. The molecule has 0 unspecified atom stereocenters. The van der Waals surface area contributed by atoms with Gasteiger partial charge in [-0.25, -0.2) is 0 Å². The molecule has 0 aliphatic heterocycles. The van der Waals surface area contributed by atoms with Crippen molar-refractivity contribution in [1.82, 2.24) is 0 Å². The number of rotatable bonds is 6. The van der Waals surface area contributed by atoms with Crippen molar-refractivity contribution in [2.24, 2.45) is 0 Å². The van der Waals surface area contributed by atoms with Crippen LogP contribution in [0.15, 0.2) is 72.8 Å². The van der Waals surface area contributed by atoms with Crippen LogP contribution in [0.3, 0.4) is 0 Å². The predicted molar refractivity (Wildman–Crippen MR) is 167 cm³/mol. The number of esters is 4. The maximum Gasteiger partial charge on any atom is 0.308 e. The summed E-state index contributed by atoms with van der Waals surface area (Å²) in [7, 11) is 0. The fraction of sp³-hybridized carbons (Fsp3) is 0.167. The van der Waals surface area contributed by atoms with Crippen molar-refractivity contribution in [3.05, 3.63) is 83.9 Å². The van der Waals surface area contributed by atoms with Crippen molar-refractivity contribution >= 4 is 45.4 Å². The zero-order chi connectivity index (χ0) is 31.7. The van der Waals surface area contributed by atoms with Crippen molar-refractivity contribution in [3.8, 4) is 45.3 Å². The summed E-state index contributed by atoms with van der Waals surface area (Å²) in [5, 5.41) is 2.87. The van der Waals surface area contributed by atoms with E-state index in [1.54, 1.807) is 24.3 Å². The molecule has 0 heterocycles. The number of carbonyl (C=O) groups is 4. The third-order valence-corrected chi connectivity index (χ3v) is 6.87. The minimum atomic E-state index is -0.535. The van der Waals surface area contributed by atoms with Crippen molar-refractivity contribution in [2.45, 2.75) is 41.5 Å². The Labute approximate surface area is 254 Å². The topological polar surface area (TPSA) is 105 Å². The van der Waals surface area contributed by atoms with Crippen LogP contribution in [0.1, 0.15) is 38.8 Å². The van der Waals surface area contributed by atoms with Crippen molar-refractivity contribution < 1.29 is 38.1 Å². The van der Waals surface area contributed by atoms with Crippen molar-refractivity contribution in [2.75, 3.05) is 0 Å². The molecule has 8 heteroatoms. The van der Waals surface area contributed by atoms with E-state index in [4.69, 9.17) is 18.9 Å². The molecule has 222 valence electrons.